The van der Waals surface area contributed by atoms with E-state index in [-0.39, 0.29) is 23.6 Å². The Hall–Kier alpha value is -9.56. The zero-order chi connectivity index (χ0) is 58.7. The molecule has 9 N–H and O–H groups in total. The molecular weight excluding hydrogens is 1140 g/mol. The van der Waals surface area contributed by atoms with Crippen molar-refractivity contribution in [2.45, 2.75) is 44.3 Å². The van der Waals surface area contributed by atoms with Crippen molar-refractivity contribution in [3.8, 4) is 39.1 Å². The summed E-state index contributed by atoms with van der Waals surface area (Å²) in [6, 6.07) is 50.5. The van der Waals surface area contributed by atoms with E-state index in [0.717, 1.165) is 85.9 Å². The highest BCUT2D eigenvalue weighted by molar-refractivity contribution is 6.35. The van der Waals surface area contributed by atoms with Crippen LogP contribution in [-0.4, -0.2) is 61.8 Å². The van der Waals surface area contributed by atoms with Crippen LogP contribution in [0.25, 0.3) is 66.1 Å². The number of carbonyl (C=O) groups excluding carboxylic acids is 3. The van der Waals surface area contributed by atoms with E-state index in [1.54, 1.807) is 43.5 Å². The molecular formula is C62H52Cl3F3N12O4. The predicted octanol–water partition coefficient (Wildman–Crippen LogP) is 17.4. The number of aromatic nitrogens is 6. The summed E-state index contributed by atoms with van der Waals surface area (Å²) in [6.07, 6.45) is 1.26. The summed E-state index contributed by atoms with van der Waals surface area (Å²) >= 11 is 19.2. The Labute approximate surface area is 493 Å². The normalized spacial score (nSPS) is 12.3. The number of carbonyl (C=O) groups is 3. The number of ether oxygens (including phenoxy) is 1. The molecule has 11 aromatic rings. The van der Waals surface area contributed by atoms with Gasteiger partial charge in [-0.25, -0.2) is 14.4 Å². The molecule has 0 atom stereocenters. The minimum atomic E-state index is -4.44. The van der Waals surface area contributed by atoms with Crippen molar-refractivity contribution >= 4 is 114 Å². The lowest BCUT2D eigenvalue weighted by atomic mass is 9.96. The average molecular weight is 1190 g/mol. The molecule has 1 fully saturated rings. The quantitative estimate of drug-likeness (QED) is 0.0644. The molecule has 426 valence electrons. The highest BCUT2D eigenvalue weighted by Gasteiger charge is 2.30. The predicted molar refractivity (Wildman–Crippen MR) is 328 cm³/mol. The maximum Gasteiger partial charge on any atom is 0.416 e. The first-order valence-electron chi connectivity index (χ1n) is 26.4. The molecule has 1 saturated carbocycles. The molecule has 3 heterocycles. The second-order valence-electron chi connectivity index (χ2n) is 19.3. The number of methoxy groups -OCH3 is 1. The number of halogens is 6. The fourth-order valence-electron chi connectivity index (χ4n) is 9.45. The maximum atomic E-state index is 12.6. The number of amides is 6. The van der Waals surface area contributed by atoms with E-state index in [1.807, 2.05) is 115 Å². The summed E-state index contributed by atoms with van der Waals surface area (Å²) in [4.78, 5) is 37.0. The van der Waals surface area contributed by atoms with Gasteiger partial charge < -0.3 is 20.7 Å². The maximum absolute atomic E-state index is 12.6. The molecule has 22 heteroatoms. The Morgan fingerprint density at radius 3 is 1.19 bits per heavy atom. The van der Waals surface area contributed by atoms with Crippen LogP contribution in [0.5, 0.6) is 5.75 Å². The van der Waals surface area contributed by atoms with Gasteiger partial charge in [-0.1, -0.05) is 145 Å². The van der Waals surface area contributed by atoms with Crippen molar-refractivity contribution in [1.82, 2.24) is 35.9 Å². The molecule has 8 aromatic carbocycles. The van der Waals surface area contributed by atoms with Gasteiger partial charge in [0.1, 0.15) is 5.75 Å². The second kappa shape index (κ2) is 26.1. The van der Waals surface area contributed by atoms with Crippen LogP contribution >= 0.6 is 34.8 Å². The largest absolute Gasteiger partial charge is 0.497 e. The van der Waals surface area contributed by atoms with Crippen LogP contribution in [0.4, 0.5) is 56.4 Å². The van der Waals surface area contributed by atoms with Gasteiger partial charge in [-0.15, -0.1) is 0 Å². The van der Waals surface area contributed by atoms with Crippen LogP contribution in [0.1, 0.15) is 37.7 Å². The summed E-state index contributed by atoms with van der Waals surface area (Å²) in [6.45, 7) is 0. The number of H-pyrrole nitrogens is 3. The van der Waals surface area contributed by atoms with Crippen molar-refractivity contribution in [2.24, 2.45) is 0 Å². The lowest BCUT2D eigenvalue weighted by Gasteiger charge is -2.22. The number of urea groups is 3. The van der Waals surface area contributed by atoms with Gasteiger partial charge in [0.25, 0.3) is 0 Å². The Kier molecular flexibility index (Phi) is 17.9. The van der Waals surface area contributed by atoms with Gasteiger partial charge in [0, 0.05) is 50.3 Å². The molecule has 1 aliphatic carbocycles. The van der Waals surface area contributed by atoms with Gasteiger partial charge in [0.15, 0.2) is 17.5 Å². The number of fused-ring (bicyclic) bond motifs is 3. The van der Waals surface area contributed by atoms with Gasteiger partial charge in [-0.2, -0.15) is 28.5 Å². The zero-order valence-electron chi connectivity index (χ0n) is 44.6. The fourth-order valence-corrected chi connectivity index (χ4v) is 10.3. The number of rotatable bonds is 10. The third-order valence-electron chi connectivity index (χ3n) is 13.7. The molecule has 12 rings (SSSR count). The number of nitrogens with zero attached hydrogens (tertiary/aromatic N) is 3. The van der Waals surface area contributed by atoms with Crippen LogP contribution in [0.15, 0.2) is 176 Å². The lowest BCUT2D eigenvalue weighted by Crippen LogP contribution is -2.39. The number of alkyl halides is 3. The van der Waals surface area contributed by atoms with Crippen molar-refractivity contribution in [2.75, 3.05) is 33.7 Å². The summed E-state index contributed by atoms with van der Waals surface area (Å²) in [7, 11) is 1.59. The molecule has 0 spiro atoms. The van der Waals surface area contributed by atoms with E-state index >= 15 is 0 Å². The van der Waals surface area contributed by atoms with Crippen LogP contribution < -0.4 is 36.6 Å². The number of aromatic amines is 3. The SMILES string of the molecule is COc1ccc(NC(=O)Nc2n[nH]c3cc(Cl)c(-c4ccccc4)cc23)cc1.O=C(Nc1ccc(C(F)(F)F)cc1)Nc1n[nH]c2cc(Cl)c(-c3ccccc3)cc12.O=C(Nc1n[nH]c2cc(Cl)c(-c3ccccc3)cc12)NC1CCCCC1. The van der Waals surface area contributed by atoms with Crippen LogP contribution in [0.2, 0.25) is 15.1 Å². The number of nitrogens with one attached hydrogen (secondary N) is 9. The van der Waals surface area contributed by atoms with E-state index in [2.05, 4.69) is 62.5 Å². The first-order valence-corrected chi connectivity index (χ1v) is 27.5. The van der Waals surface area contributed by atoms with Crippen LogP contribution in [0.3, 0.4) is 0 Å². The van der Waals surface area contributed by atoms with Crippen LogP contribution in [0, 0.1) is 0 Å². The Bertz CT molecular complexity index is 4090. The number of anilines is 5. The van der Waals surface area contributed by atoms with Gasteiger partial charge in [-0.3, -0.25) is 31.2 Å². The van der Waals surface area contributed by atoms with Crippen molar-refractivity contribution in [3.63, 3.8) is 0 Å². The third kappa shape index (κ3) is 14.2. The van der Waals surface area contributed by atoms with E-state index in [0.29, 0.717) is 43.3 Å². The standard InChI is InChI=1S/C21H14ClF3N4O.C21H17ClN4O2.C20H21ClN4O/c22-17-11-18-16(10-15(17)12-4-2-1-3-5-12)19(29-28-18)27-20(30)26-14-8-6-13(7-9-14)21(23,24)25;1-28-15-9-7-14(8-10-15)23-21(27)24-20-17-11-16(13-5-3-2-4-6-13)18(22)12-19(17)25-26-20;21-17-12-18-16(11-15(17)13-7-3-1-4-8-13)19(25-24-18)23-20(26)22-14-9-5-2-6-10-14/h1-11H,(H3,26,27,28,29,30);2-12H,1H3,(H3,23,24,25,26,27);1,3-4,7-8,11-12,14H,2,5-6,9-10H2,(H3,22,23,24,25,26). The van der Waals surface area contributed by atoms with Crippen molar-refractivity contribution in [3.05, 3.63) is 197 Å². The smallest absolute Gasteiger partial charge is 0.416 e. The minimum Gasteiger partial charge on any atom is -0.497 e. The van der Waals surface area contributed by atoms with Crippen molar-refractivity contribution in [1.29, 1.82) is 0 Å². The molecule has 6 amide bonds. The number of hydrogen-bond acceptors (Lipinski definition) is 7. The number of benzene rings is 8. The zero-order valence-corrected chi connectivity index (χ0v) is 46.9. The highest BCUT2D eigenvalue weighted by Crippen LogP contribution is 2.38. The van der Waals surface area contributed by atoms with Gasteiger partial charge in [0.05, 0.1) is 44.3 Å². The van der Waals surface area contributed by atoms with E-state index in [4.69, 9.17) is 39.5 Å². The molecule has 0 aliphatic heterocycles. The molecule has 1 aliphatic rings. The molecule has 0 bridgehead atoms. The Balaban J connectivity index is 0.000000141. The fraction of sp³-hybridized carbons (Fsp3) is 0.129. The highest BCUT2D eigenvalue weighted by atomic mass is 35.5. The van der Waals surface area contributed by atoms with Gasteiger partial charge in [0.2, 0.25) is 0 Å². The summed E-state index contributed by atoms with van der Waals surface area (Å²) in [5.41, 5.74) is 7.71. The van der Waals surface area contributed by atoms with Gasteiger partial charge in [-0.05, 0) is 114 Å². The summed E-state index contributed by atoms with van der Waals surface area (Å²) < 4.78 is 43.0. The first kappa shape index (κ1) is 57.7. The molecule has 0 saturated heterocycles. The summed E-state index contributed by atoms with van der Waals surface area (Å²) in [5.74, 6) is 1.93. The third-order valence-corrected chi connectivity index (χ3v) is 14.6. The number of hydrogen-bond donors (Lipinski definition) is 9. The molecule has 0 radical (unpaired) electrons. The minimum absolute atomic E-state index is 0.207. The van der Waals surface area contributed by atoms with E-state index in [1.165, 1.54) is 31.4 Å². The van der Waals surface area contributed by atoms with E-state index < -0.39 is 23.8 Å². The van der Waals surface area contributed by atoms with Gasteiger partial charge >= 0.3 is 24.3 Å². The molecule has 0 unspecified atom stereocenters. The molecule has 84 heavy (non-hydrogen) atoms. The molecule has 16 nitrogen and oxygen atoms in total. The monoisotopic (exact) mass is 1190 g/mol. The molecule has 3 aromatic heterocycles. The Morgan fingerprint density at radius 2 is 0.833 bits per heavy atom. The Morgan fingerprint density at radius 1 is 0.476 bits per heavy atom. The summed E-state index contributed by atoms with van der Waals surface area (Å²) in [5, 5.41) is 41.8. The topological polar surface area (TPSA) is 219 Å². The van der Waals surface area contributed by atoms with Crippen molar-refractivity contribution < 1.29 is 32.3 Å². The van der Waals surface area contributed by atoms with Crippen LogP contribution in [-0.2, 0) is 6.18 Å². The average Bonchev–Trinajstić information content (AvgIpc) is 4.17. The lowest BCUT2D eigenvalue weighted by molar-refractivity contribution is -0.137. The van der Waals surface area contributed by atoms with E-state index in [9.17, 15) is 27.6 Å². The first-order chi connectivity index (χ1) is 40.6. The second-order valence-corrected chi connectivity index (χ2v) is 20.6.